The number of nitrogens with zero attached hydrogens (tertiary/aromatic N) is 2. The van der Waals surface area contributed by atoms with E-state index >= 15 is 0 Å². The van der Waals surface area contributed by atoms with E-state index in [0.29, 0.717) is 12.2 Å². The first-order valence-electron chi connectivity index (χ1n) is 10.3. The molecule has 29 heavy (non-hydrogen) atoms. The highest BCUT2D eigenvalue weighted by Crippen LogP contribution is 2.12. The van der Waals surface area contributed by atoms with Gasteiger partial charge in [-0.05, 0) is 48.7 Å². The molecule has 2 aromatic rings. The second kappa shape index (κ2) is 11.1. The van der Waals surface area contributed by atoms with Gasteiger partial charge in [0.2, 0.25) is 0 Å². The molecule has 1 aliphatic heterocycles. The minimum absolute atomic E-state index is 0.250. The molecular formula is C24H29ClN2O2. The highest BCUT2D eigenvalue weighted by atomic mass is 35.5. The quantitative estimate of drug-likeness (QED) is 0.602. The van der Waals surface area contributed by atoms with E-state index in [4.69, 9.17) is 16.3 Å². The lowest BCUT2D eigenvalue weighted by molar-refractivity contribution is 0.0526. The second-order valence-electron chi connectivity index (χ2n) is 7.26. The van der Waals surface area contributed by atoms with Crippen LogP contribution in [0.25, 0.3) is 6.08 Å². The van der Waals surface area contributed by atoms with E-state index < -0.39 is 0 Å². The first-order chi connectivity index (χ1) is 14.1. The fourth-order valence-corrected chi connectivity index (χ4v) is 3.54. The van der Waals surface area contributed by atoms with Crippen molar-refractivity contribution in [1.29, 1.82) is 0 Å². The number of rotatable bonds is 8. The standard InChI is InChI=1S/C24H29ClN2O2/c1-2-29-24(28)22-9-5-21(6-10-22)13-15-27-18-16-26(17-19-27)14-3-4-20-7-11-23(25)12-8-20/h3-12H,2,13-19H2,1H3/b4-3+. The van der Waals surface area contributed by atoms with Crippen molar-refractivity contribution in [1.82, 2.24) is 9.80 Å². The Balaban J connectivity index is 1.36. The summed E-state index contributed by atoms with van der Waals surface area (Å²) in [5, 5.41) is 0.771. The van der Waals surface area contributed by atoms with Gasteiger partial charge in [-0.15, -0.1) is 0 Å². The summed E-state index contributed by atoms with van der Waals surface area (Å²) in [4.78, 5) is 16.7. The molecule has 0 unspecified atom stereocenters. The van der Waals surface area contributed by atoms with Crippen LogP contribution in [-0.2, 0) is 11.2 Å². The van der Waals surface area contributed by atoms with Crippen LogP contribution in [-0.4, -0.2) is 61.6 Å². The average Bonchev–Trinajstić information content (AvgIpc) is 2.75. The lowest BCUT2D eigenvalue weighted by atomic mass is 10.1. The number of ether oxygens (including phenoxy) is 1. The van der Waals surface area contributed by atoms with Gasteiger partial charge in [0.25, 0.3) is 0 Å². The molecule has 0 atom stereocenters. The Bertz CT molecular complexity index is 795. The van der Waals surface area contributed by atoms with Crippen LogP contribution in [0.3, 0.4) is 0 Å². The smallest absolute Gasteiger partial charge is 0.338 e. The molecule has 0 amide bonds. The van der Waals surface area contributed by atoms with E-state index in [-0.39, 0.29) is 5.97 Å². The van der Waals surface area contributed by atoms with E-state index in [0.717, 1.165) is 50.7 Å². The summed E-state index contributed by atoms with van der Waals surface area (Å²) in [6.45, 7) is 8.62. The zero-order valence-corrected chi connectivity index (χ0v) is 17.8. The Kier molecular flexibility index (Phi) is 8.29. The van der Waals surface area contributed by atoms with Gasteiger partial charge in [0.1, 0.15) is 0 Å². The van der Waals surface area contributed by atoms with Gasteiger partial charge >= 0.3 is 5.97 Å². The highest BCUT2D eigenvalue weighted by molar-refractivity contribution is 6.30. The minimum Gasteiger partial charge on any atom is -0.462 e. The maximum absolute atomic E-state index is 11.7. The van der Waals surface area contributed by atoms with E-state index in [2.05, 4.69) is 22.0 Å². The number of hydrogen-bond acceptors (Lipinski definition) is 4. The Morgan fingerprint density at radius 2 is 1.66 bits per heavy atom. The van der Waals surface area contributed by atoms with Crippen molar-refractivity contribution < 1.29 is 9.53 Å². The Morgan fingerprint density at radius 1 is 1.00 bits per heavy atom. The molecular weight excluding hydrogens is 384 g/mol. The third-order valence-electron chi connectivity index (χ3n) is 5.19. The van der Waals surface area contributed by atoms with Crippen molar-refractivity contribution in [3.8, 4) is 0 Å². The van der Waals surface area contributed by atoms with Crippen LogP contribution in [0.15, 0.2) is 54.6 Å². The summed E-state index contributed by atoms with van der Waals surface area (Å²) in [6.07, 6.45) is 5.38. The number of esters is 1. The molecule has 3 rings (SSSR count). The minimum atomic E-state index is -0.250. The average molecular weight is 413 g/mol. The van der Waals surface area contributed by atoms with Crippen LogP contribution >= 0.6 is 11.6 Å². The van der Waals surface area contributed by atoms with Gasteiger partial charge in [-0.2, -0.15) is 0 Å². The molecule has 1 aliphatic rings. The summed E-state index contributed by atoms with van der Waals surface area (Å²) < 4.78 is 5.03. The first kappa shape index (κ1) is 21.6. The summed E-state index contributed by atoms with van der Waals surface area (Å²) in [5.74, 6) is -0.250. The number of benzene rings is 2. The molecule has 0 radical (unpaired) electrons. The predicted octanol–water partition coefficient (Wildman–Crippen LogP) is 4.39. The molecule has 154 valence electrons. The van der Waals surface area contributed by atoms with E-state index in [1.165, 1.54) is 11.1 Å². The van der Waals surface area contributed by atoms with Gasteiger partial charge in [0.05, 0.1) is 12.2 Å². The van der Waals surface area contributed by atoms with E-state index in [1.54, 1.807) is 0 Å². The van der Waals surface area contributed by atoms with Crippen molar-refractivity contribution >= 4 is 23.6 Å². The number of hydrogen-bond donors (Lipinski definition) is 0. The van der Waals surface area contributed by atoms with Crippen molar-refractivity contribution in [3.63, 3.8) is 0 Å². The van der Waals surface area contributed by atoms with Crippen molar-refractivity contribution in [2.75, 3.05) is 45.9 Å². The number of halogens is 1. The highest BCUT2D eigenvalue weighted by Gasteiger charge is 2.15. The lowest BCUT2D eigenvalue weighted by Crippen LogP contribution is -2.46. The number of carbonyl (C=O) groups is 1. The molecule has 0 saturated carbocycles. The first-order valence-corrected chi connectivity index (χ1v) is 10.6. The normalized spacial score (nSPS) is 15.7. The zero-order valence-electron chi connectivity index (χ0n) is 17.0. The molecule has 0 aromatic heterocycles. The molecule has 5 heteroatoms. The Labute approximate surface area is 178 Å². The van der Waals surface area contributed by atoms with Gasteiger partial charge in [0.15, 0.2) is 0 Å². The summed E-state index contributed by atoms with van der Waals surface area (Å²) in [7, 11) is 0. The summed E-state index contributed by atoms with van der Waals surface area (Å²) in [6, 6.07) is 15.7. The van der Waals surface area contributed by atoms with Crippen molar-refractivity contribution in [2.45, 2.75) is 13.3 Å². The van der Waals surface area contributed by atoms with Crippen LogP contribution in [0.2, 0.25) is 5.02 Å². The monoisotopic (exact) mass is 412 g/mol. The largest absolute Gasteiger partial charge is 0.462 e. The SMILES string of the molecule is CCOC(=O)c1ccc(CCN2CCN(C/C=C/c3ccc(Cl)cc3)CC2)cc1. The number of carbonyl (C=O) groups excluding carboxylic acids is 1. The molecule has 0 spiro atoms. The van der Waals surface area contributed by atoms with Crippen LogP contribution in [0.4, 0.5) is 0 Å². The van der Waals surface area contributed by atoms with Gasteiger partial charge in [-0.1, -0.05) is 48.0 Å². The van der Waals surface area contributed by atoms with Gasteiger partial charge in [-0.3, -0.25) is 4.90 Å². The van der Waals surface area contributed by atoms with Crippen molar-refractivity contribution in [2.24, 2.45) is 0 Å². The van der Waals surface area contributed by atoms with Gasteiger partial charge < -0.3 is 9.64 Å². The molecule has 1 heterocycles. The molecule has 4 nitrogen and oxygen atoms in total. The van der Waals surface area contributed by atoms with Crippen LogP contribution in [0, 0.1) is 0 Å². The Morgan fingerprint density at radius 3 is 2.31 bits per heavy atom. The maximum atomic E-state index is 11.7. The van der Waals surface area contributed by atoms with Crippen LogP contribution in [0.5, 0.6) is 0 Å². The molecule has 0 bridgehead atoms. The van der Waals surface area contributed by atoms with Crippen molar-refractivity contribution in [3.05, 3.63) is 76.3 Å². The fraction of sp³-hybridized carbons (Fsp3) is 0.375. The van der Waals surface area contributed by atoms with Crippen LogP contribution < -0.4 is 0 Å². The predicted molar refractivity (Wildman–Crippen MR) is 119 cm³/mol. The lowest BCUT2D eigenvalue weighted by Gasteiger charge is -2.34. The molecule has 1 fully saturated rings. The fourth-order valence-electron chi connectivity index (χ4n) is 3.42. The molecule has 0 aliphatic carbocycles. The second-order valence-corrected chi connectivity index (χ2v) is 7.70. The topological polar surface area (TPSA) is 32.8 Å². The zero-order chi connectivity index (χ0) is 20.5. The molecule has 0 N–H and O–H groups in total. The van der Waals surface area contributed by atoms with E-state index in [9.17, 15) is 4.79 Å². The van der Waals surface area contributed by atoms with Crippen LogP contribution in [0.1, 0.15) is 28.4 Å². The summed E-state index contributed by atoms with van der Waals surface area (Å²) >= 11 is 5.92. The third-order valence-corrected chi connectivity index (χ3v) is 5.44. The molecule has 2 aromatic carbocycles. The molecule has 1 saturated heterocycles. The number of piperazine rings is 1. The van der Waals surface area contributed by atoms with Gasteiger partial charge in [-0.25, -0.2) is 4.79 Å². The third kappa shape index (κ3) is 7.00. The summed E-state index contributed by atoms with van der Waals surface area (Å²) in [5.41, 5.74) is 3.06. The Hall–Kier alpha value is -2.14. The van der Waals surface area contributed by atoms with E-state index in [1.807, 2.05) is 55.5 Å². The van der Waals surface area contributed by atoms with Gasteiger partial charge in [0, 0.05) is 44.3 Å². The maximum Gasteiger partial charge on any atom is 0.338 e.